The monoisotopic (exact) mass is 334 g/mol. The molecule has 1 aliphatic rings. The first-order chi connectivity index (χ1) is 11.1. The van der Waals surface area contributed by atoms with Gasteiger partial charge in [0, 0.05) is 36.8 Å². The van der Waals surface area contributed by atoms with Crippen LogP contribution >= 0.6 is 11.3 Å². The Bertz CT molecular complexity index is 673. The van der Waals surface area contributed by atoms with E-state index in [2.05, 4.69) is 20.2 Å². The van der Waals surface area contributed by atoms with E-state index in [0.717, 1.165) is 43.0 Å². The molecule has 1 atom stereocenters. The first-order valence-corrected chi connectivity index (χ1v) is 8.45. The smallest absolute Gasteiger partial charge is 0.223 e. The van der Waals surface area contributed by atoms with Crippen molar-refractivity contribution in [1.29, 1.82) is 0 Å². The van der Waals surface area contributed by atoms with Crippen molar-refractivity contribution >= 4 is 22.4 Å². The quantitative estimate of drug-likeness (QED) is 0.913. The van der Waals surface area contributed by atoms with Crippen molar-refractivity contribution in [3.8, 4) is 0 Å². The van der Waals surface area contributed by atoms with Crippen molar-refractivity contribution in [2.45, 2.75) is 26.3 Å². The first kappa shape index (κ1) is 16.0. The molecule has 0 bridgehead atoms. The normalized spacial score (nSPS) is 18.3. The summed E-state index contributed by atoms with van der Waals surface area (Å²) in [4.78, 5) is 22.9. The molecule has 2 aromatic rings. The van der Waals surface area contributed by atoms with E-state index in [4.69, 9.17) is 0 Å². The van der Waals surface area contributed by atoms with Gasteiger partial charge in [0.1, 0.15) is 5.82 Å². The van der Waals surface area contributed by atoms with Crippen molar-refractivity contribution in [2.75, 3.05) is 18.4 Å². The second-order valence-electron chi connectivity index (χ2n) is 5.87. The van der Waals surface area contributed by atoms with Crippen molar-refractivity contribution < 1.29 is 9.18 Å². The van der Waals surface area contributed by atoms with Crippen LogP contribution < -0.4 is 5.32 Å². The highest BCUT2D eigenvalue weighted by Crippen LogP contribution is 2.25. The summed E-state index contributed by atoms with van der Waals surface area (Å²) in [6, 6.07) is 3.23. The number of nitrogens with one attached hydrogen (secondary N) is 1. The molecule has 122 valence electrons. The maximum atomic E-state index is 12.9. The molecule has 1 saturated heterocycles. The number of thiazole rings is 1. The summed E-state index contributed by atoms with van der Waals surface area (Å²) in [7, 11) is 0. The Morgan fingerprint density at radius 3 is 3.04 bits per heavy atom. The number of likely N-dealkylation sites (tertiary alicyclic amines) is 1. The molecule has 0 aliphatic carbocycles. The number of anilines is 1. The maximum absolute atomic E-state index is 12.9. The number of hydrogen-bond acceptors (Lipinski definition) is 5. The van der Waals surface area contributed by atoms with E-state index in [1.165, 1.54) is 30.5 Å². The summed E-state index contributed by atoms with van der Waals surface area (Å²) >= 11 is 1.52. The third kappa shape index (κ3) is 4.56. The van der Waals surface area contributed by atoms with E-state index in [0.29, 0.717) is 11.0 Å². The van der Waals surface area contributed by atoms with Crippen LogP contribution in [0, 0.1) is 11.7 Å². The van der Waals surface area contributed by atoms with Crippen LogP contribution in [0.1, 0.15) is 23.9 Å². The Kier molecular flexibility index (Phi) is 4.97. The molecular weight excluding hydrogens is 315 g/mol. The lowest BCUT2D eigenvalue weighted by Crippen LogP contribution is -2.20. The molecule has 1 N–H and O–H groups in total. The Hall–Kier alpha value is -1.86. The van der Waals surface area contributed by atoms with E-state index in [9.17, 15) is 9.18 Å². The van der Waals surface area contributed by atoms with Crippen molar-refractivity contribution in [3.63, 3.8) is 0 Å². The lowest BCUT2D eigenvalue weighted by atomic mass is 10.0. The molecule has 0 unspecified atom stereocenters. The number of nitrogens with zero attached hydrogens (tertiary/aromatic N) is 3. The highest BCUT2D eigenvalue weighted by Gasteiger charge is 2.23. The van der Waals surface area contributed by atoms with Gasteiger partial charge in [-0.05, 0) is 37.4 Å². The van der Waals surface area contributed by atoms with Crippen LogP contribution in [-0.2, 0) is 17.8 Å². The molecule has 2 aromatic heterocycles. The van der Waals surface area contributed by atoms with Gasteiger partial charge in [-0.15, -0.1) is 11.3 Å². The van der Waals surface area contributed by atoms with Gasteiger partial charge in [0.05, 0.1) is 6.20 Å². The van der Waals surface area contributed by atoms with Crippen molar-refractivity contribution in [1.82, 2.24) is 14.9 Å². The average Bonchev–Trinajstić information content (AvgIpc) is 3.11. The number of rotatable bonds is 5. The molecule has 23 heavy (non-hydrogen) atoms. The lowest BCUT2D eigenvalue weighted by molar-refractivity contribution is -0.114. The third-order valence-electron chi connectivity index (χ3n) is 3.87. The highest BCUT2D eigenvalue weighted by atomic mass is 32.1. The van der Waals surface area contributed by atoms with Crippen molar-refractivity contribution in [3.05, 3.63) is 40.9 Å². The van der Waals surface area contributed by atoms with Gasteiger partial charge in [0.2, 0.25) is 5.91 Å². The van der Waals surface area contributed by atoms with E-state index < -0.39 is 0 Å². The molecule has 0 radical (unpaired) electrons. The van der Waals surface area contributed by atoms with Crippen molar-refractivity contribution in [2.24, 2.45) is 5.92 Å². The second-order valence-corrected chi connectivity index (χ2v) is 6.99. The van der Waals surface area contributed by atoms with E-state index >= 15 is 0 Å². The molecule has 1 amide bonds. The van der Waals surface area contributed by atoms with Crippen LogP contribution in [-0.4, -0.2) is 33.9 Å². The number of aromatic nitrogens is 2. The molecule has 0 saturated carbocycles. The van der Waals surface area contributed by atoms with E-state index in [-0.39, 0.29) is 11.7 Å². The molecule has 0 aromatic carbocycles. The molecule has 3 rings (SSSR count). The Morgan fingerprint density at radius 2 is 2.30 bits per heavy atom. The fraction of sp³-hybridized carbons (Fsp3) is 0.438. The third-order valence-corrected chi connectivity index (χ3v) is 4.77. The molecule has 1 fully saturated rings. The molecule has 5 nitrogen and oxygen atoms in total. The van der Waals surface area contributed by atoms with Gasteiger partial charge in [0.25, 0.3) is 0 Å². The summed E-state index contributed by atoms with van der Waals surface area (Å²) in [5.41, 5.74) is 0.948. The number of carbonyl (C=O) groups excluding carboxylic acids is 1. The second kappa shape index (κ2) is 7.14. The SMILES string of the molecule is CC(=O)Nc1ncc(CN2CC[C@@H](Cc3ccc(F)cn3)C2)s1. The predicted octanol–water partition coefficient (Wildman–Crippen LogP) is 2.70. The summed E-state index contributed by atoms with van der Waals surface area (Å²) in [6.45, 7) is 4.38. The number of pyridine rings is 1. The summed E-state index contributed by atoms with van der Waals surface area (Å²) in [6.07, 6.45) is 5.11. The fourth-order valence-corrected chi connectivity index (χ4v) is 3.76. The van der Waals surface area contributed by atoms with Crippen LogP contribution in [0.5, 0.6) is 0 Å². The zero-order valence-electron chi connectivity index (χ0n) is 13.0. The topological polar surface area (TPSA) is 58.1 Å². The van der Waals surface area contributed by atoms with Crippen LogP contribution in [0.4, 0.5) is 9.52 Å². The van der Waals surface area contributed by atoms with Crippen LogP contribution in [0.3, 0.4) is 0 Å². The molecular formula is C16H19FN4OS. The Balaban J connectivity index is 1.50. The minimum Gasteiger partial charge on any atom is -0.302 e. The maximum Gasteiger partial charge on any atom is 0.223 e. The van der Waals surface area contributed by atoms with Gasteiger partial charge in [-0.25, -0.2) is 9.37 Å². The minimum atomic E-state index is -0.290. The highest BCUT2D eigenvalue weighted by molar-refractivity contribution is 7.15. The molecule has 0 spiro atoms. The van der Waals surface area contributed by atoms with Gasteiger partial charge >= 0.3 is 0 Å². The van der Waals surface area contributed by atoms with Gasteiger partial charge in [-0.1, -0.05) is 0 Å². The molecule has 1 aliphatic heterocycles. The Morgan fingerprint density at radius 1 is 1.43 bits per heavy atom. The van der Waals surface area contributed by atoms with E-state index in [1.54, 1.807) is 6.07 Å². The Labute approximate surface area is 138 Å². The van der Waals surface area contributed by atoms with Gasteiger partial charge in [-0.3, -0.25) is 14.7 Å². The number of carbonyl (C=O) groups is 1. The fourth-order valence-electron chi connectivity index (χ4n) is 2.86. The number of hydrogen-bond donors (Lipinski definition) is 1. The van der Waals surface area contributed by atoms with Gasteiger partial charge < -0.3 is 5.32 Å². The predicted molar refractivity (Wildman–Crippen MR) is 87.7 cm³/mol. The zero-order chi connectivity index (χ0) is 16.2. The molecule has 3 heterocycles. The summed E-state index contributed by atoms with van der Waals surface area (Å²) < 4.78 is 12.9. The standard InChI is InChI=1S/C16H19FN4OS/c1-11(22)20-16-19-8-15(23-16)10-21-5-4-12(9-21)6-14-3-2-13(17)7-18-14/h2-3,7-8,12H,4-6,9-10H2,1H3,(H,19,20,22)/t12-/m0/s1. The van der Waals surface area contributed by atoms with Gasteiger partial charge in [0.15, 0.2) is 5.13 Å². The van der Waals surface area contributed by atoms with Gasteiger partial charge in [-0.2, -0.15) is 0 Å². The van der Waals surface area contributed by atoms with Crippen LogP contribution in [0.2, 0.25) is 0 Å². The number of amides is 1. The minimum absolute atomic E-state index is 0.0982. The first-order valence-electron chi connectivity index (χ1n) is 7.63. The zero-order valence-corrected chi connectivity index (χ0v) is 13.8. The molecule has 7 heteroatoms. The lowest BCUT2D eigenvalue weighted by Gasteiger charge is -2.14. The van der Waals surface area contributed by atoms with E-state index in [1.807, 2.05) is 6.20 Å². The van der Waals surface area contributed by atoms with Crippen LogP contribution in [0.25, 0.3) is 0 Å². The largest absolute Gasteiger partial charge is 0.302 e. The summed E-state index contributed by atoms with van der Waals surface area (Å²) in [5, 5.41) is 3.36. The average molecular weight is 334 g/mol. The summed E-state index contributed by atoms with van der Waals surface area (Å²) in [5.74, 6) is 0.164. The van der Waals surface area contributed by atoms with Crippen LogP contribution in [0.15, 0.2) is 24.5 Å². The number of halogens is 1.